The molecule has 3 aliphatic carbocycles. The van der Waals surface area contributed by atoms with Crippen molar-refractivity contribution in [2.45, 2.75) is 31.6 Å². The molecule has 2 bridgehead atoms. The van der Waals surface area contributed by atoms with E-state index in [2.05, 4.69) is 16.9 Å². The molecule has 138 valence electrons. The van der Waals surface area contributed by atoms with Crippen molar-refractivity contribution in [2.75, 3.05) is 0 Å². The molecule has 1 heterocycles. The molecule has 1 N–H and O–H groups in total. The van der Waals surface area contributed by atoms with Crippen molar-refractivity contribution in [3.05, 3.63) is 69.1 Å². The topological polar surface area (TPSA) is 55.4 Å². The van der Waals surface area contributed by atoms with Gasteiger partial charge in [-0.15, -0.1) is 0 Å². The second kappa shape index (κ2) is 6.21. The lowest BCUT2D eigenvalue weighted by Crippen LogP contribution is -2.36. The van der Waals surface area contributed by atoms with Crippen LogP contribution in [0, 0.1) is 12.8 Å². The standard InChI is InChI=1S/C21H18ClNO3S/c1-11-2-5-18(17(22)6-11)26-14-3-4-15-16(9-14)12-7-13(8-12)21(15)19-10-20(24)23-27(19)25/h2-6,9-10,12-13,21H,7-8H2,1H3,(H,23,24). The van der Waals surface area contributed by atoms with Crippen LogP contribution < -0.4 is 9.46 Å². The number of hydrogen-bond donors (Lipinski definition) is 1. The van der Waals surface area contributed by atoms with Crippen LogP contribution in [0.15, 0.2) is 47.4 Å². The summed E-state index contributed by atoms with van der Waals surface area (Å²) >= 11 is 6.29. The molecule has 2 aromatic carbocycles. The van der Waals surface area contributed by atoms with Crippen LogP contribution in [0.3, 0.4) is 0 Å². The third kappa shape index (κ3) is 2.80. The first-order chi connectivity index (χ1) is 13.0. The van der Waals surface area contributed by atoms with E-state index < -0.39 is 11.0 Å². The number of amides is 1. The molecule has 0 radical (unpaired) electrons. The minimum absolute atomic E-state index is 0.0433. The summed E-state index contributed by atoms with van der Waals surface area (Å²) < 4.78 is 20.8. The van der Waals surface area contributed by atoms with E-state index in [1.165, 1.54) is 17.2 Å². The molecule has 0 spiro atoms. The predicted octanol–water partition coefficient (Wildman–Crippen LogP) is 4.71. The highest BCUT2D eigenvalue weighted by atomic mass is 35.5. The number of aryl methyl sites for hydroxylation is 1. The van der Waals surface area contributed by atoms with Crippen LogP contribution >= 0.6 is 11.6 Å². The van der Waals surface area contributed by atoms with E-state index in [-0.39, 0.29) is 11.8 Å². The zero-order valence-electron chi connectivity index (χ0n) is 14.7. The van der Waals surface area contributed by atoms with Crippen LogP contribution in [-0.4, -0.2) is 10.1 Å². The first-order valence-electron chi connectivity index (χ1n) is 9.01. The highest BCUT2D eigenvalue weighted by Crippen LogP contribution is 2.59. The van der Waals surface area contributed by atoms with Crippen molar-refractivity contribution in [1.29, 1.82) is 0 Å². The number of allylic oxidation sites excluding steroid dienone is 1. The molecule has 1 aliphatic heterocycles. The van der Waals surface area contributed by atoms with Crippen LogP contribution in [-0.2, 0) is 15.8 Å². The molecular formula is C21H18ClNO3S. The summed E-state index contributed by atoms with van der Waals surface area (Å²) in [6.07, 6.45) is 3.64. The quantitative estimate of drug-likeness (QED) is 0.813. The Balaban J connectivity index is 1.50. The summed E-state index contributed by atoms with van der Waals surface area (Å²) in [7, 11) is -1.42. The van der Waals surface area contributed by atoms with Crippen LogP contribution in [0.25, 0.3) is 0 Å². The first kappa shape index (κ1) is 17.0. The Hall–Kier alpha value is -2.11. The Kier molecular flexibility index (Phi) is 3.92. The lowest BCUT2D eigenvalue weighted by atomic mass is 9.57. The zero-order chi connectivity index (χ0) is 18.7. The maximum absolute atomic E-state index is 12.3. The van der Waals surface area contributed by atoms with Crippen LogP contribution in [0.5, 0.6) is 11.5 Å². The molecule has 0 aromatic heterocycles. The Labute approximate surface area is 165 Å². The Morgan fingerprint density at radius 1 is 1.15 bits per heavy atom. The van der Waals surface area contributed by atoms with Crippen molar-refractivity contribution < 1.29 is 13.7 Å². The highest BCUT2D eigenvalue weighted by molar-refractivity contribution is 7.88. The minimum Gasteiger partial charge on any atom is -0.456 e. The van der Waals surface area contributed by atoms with E-state index >= 15 is 0 Å². The Morgan fingerprint density at radius 3 is 2.67 bits per heavy atom. The largest absolute Gasteiger partial charge is 0.456 e. The van der Waals surface area contributed by atoms with Gasteiger partial charge < -0.3 is 4.74 Å². The number of hydrogen-bond acceptors (Lipinski definition) is 3. The van der Waals surface area contributed by atoms with Crippen LogP contribution in [0.4, 0.5) is 0 Å². The SMILES string of the molecule is Cc1ccc(Oc2ccc3c(c2)C2CC(C2)C3C2=CC(=O)NS2=O)c(Cl)c1. The molecule has 27 heavy (non-hydrogen) atoms. The van der Waals surface area contributed by atoms with Crippen LogP contribution in [0.1, 0.15) is 41.4 Å². The van der Waals surface area contributed by atoms with E-state index in [0.717, 1.165) is 24.2 Å². The molecule has 4 aliphatic rings. The molecule has 2 aromatic rings. The monoisotopic (exact) mass is 399 g/mol. The fourth-order valence-corrected chi connectivity index (χ4v) is 5.86. The number of nitrogens with one attached hydrogen (secondary N) is 1. The Bertz CT molecular complexity index is 1030. The van der Waals surface area contributed by atoms with Gasteiger partial charge in [0.25, 0.3) is 5.91 Å². The van der Waals surface area contributed by atoms with Gasteiger partial charge in [-0.05, 0) is 72.6 Å². The van der Waals surface area contributed by atoms with Crippen molar-refractivity contribution in [3.8, 4) is 11.5 Å². The van der Waals surface area contributed by atoms with Crippen molar-refractivity contribution in [1.82, 2.24) is 4.72 Å². The number of carbonyl (C=O) groups excluding carboxylic acids is 1. The van der Waals surface area contributed by atoms with E-state index in [1.54, 1.807) is 0 Å². The molecule has 4 nitrogen and oxygen atoms in total. The maximum Gasteiger partial charge on any atom is 0.256 e. The minimum atomic E-state index is -1.42. The molecule has 1 saturated carbocycles. The van der Waals surface area contributed by atoms with E-state index in [0.29, 0.717) is 27.5 Å². The summed E-state index contributed by atoms with van der Waals surface area (Å²) in [6.45, 7) is 1.99. The van der Waals surface area contributed by atoms with Crippen molar-refractivity contribution in [2.24, 2.45) is 5.92 Å². The fourth-order valence-electron chi connectivity index (χ4n) is 4.46. The average molecular weight is 400 g/mol. The molecular weight excluding hydrogens is 382 g/mol. The molecule has 1 amide bonds. The van der Waals surface area contributed by atoms with Gasteiger partial charge in [0.05, 0.1) is 9.93 Å². The van der Waals surface area contributed by atoms with Gasteiger partial charge in [-0.1, -0.05) is 23.7 Å². The van der Waals surface area contributed by atoms with Gasteiger partial charge in [-0.2, -0.15) is 0 Å². The van der Waals surface area contributed by atoms with Crippen molar-refractivity contribution in [3.63, 3.8) is 0 Å². The summed E-state index contributed by atoms with van der Waals surface area (Å²) in [5.74, 6) is 2.14. The second-order valence-corrected chi connectivity index (χ2v) is 9.13. The van der Waals surface area contributed by atoms with Gasteiger partial charge in [0, 0.05) is 12.0 Å². The van der Waals surface area contributed by atoms with Gasteiger partial charge in [-0.25, -0.2) is 4.21 Å². The lowest BCUT2D eigenvalue weighted by Gasteiger charge is -2.48. The molecule has 6 heteroatoms. The number of carbonyl (C=O) groups is 1. The summed E-state index contributed by atoms with van der Waals surface area (Å²) in [4.78, 5) is 12.3. The highest BCUT2D eigenvalue weighted by Gasteiger charge is 2.47. The molecule has 2 atom stereocenters. The van der Waals surface area contributed by atoms with Gasteiger partial charge in [-0.3, -0.25) is 9.52 Å². The van der Waals surface area contributed by atoms with Gasteiger partial charge >= 0.3 is 0 Å². The summed E-state index contributed by atoms with van der Waals surface area (Å²) in [5, 5.41) is 0.588. The number of halogens is 1. The summed E-state index contributed by atoms with van der Waals surface area (Å²) in [6, 6.07) is 11.8. The second-order valence-electron chi connectivity index (χ2n) is 7.51. The average Bonchev–Trinajstić information content (AvgIpc) is 2.93. The summed E-state index contributed by atoms with van der Waals surface area (Å²) in [5.41, 5.74) is 3.49. The number of rotatable bonds is 3. The van der Waals surface area contributed by atoms with Crippen LogP contribution in [0.2, 0.25) is 5.02 Å². The molecule has 6 rings (SSSR count). The van der Waals surface area contributed by atoms with Gasteiger partial charge in [0.15, 0.2) is 0 Å². The van der Waals surface area contributed by atoms with E-state index in [4.69, 9.17) is 16.3 Å². The molecule has 2 unspecified atom stereocenters. The normalized spacial score (nSPS) is 28.1. The maximum atomic E-state index is 12.3. The number of ether oxygens (including phenoxy) is 1. The van der Waals surface area contributed by atoms with E-state index in [1.807, 2.05) is 31.2 Å². The Morgan fingerprint density at radius 2 is 1.96 bits per heavy atom. The fraction of sp³-hybridized carbons (Fsp3) is 0.286. The van der Waals surface area contributed by atoms with Gasteiger partial charge in [0.2, 0.25) is 0 Å². The number of benzene rings is 2. The smallest absolute Gasteiger partial charge is 0.256 e. The third-order valence-corrected chi connectivity index (χ3v) is 7.26. The molecule has 1 fully saturated rings. The van der Waals surface area contributed by atoms with E-state index in [9.17, 15) is 9.00 Å². The lowest BCUT2D eigenvalue weighted by molar-refractivity contribution is -0.114. The zero-order valence-corrected chi connectivity index (χ0v) is 16.3. The molecule has 0 saturated heterocycles. The predicted molar refractivity (Wildman–Crippen MR) is 105 cm³/mol. The van der Waals surface area contributed by atoms with Crippen molar-refractivity contribution >= 4 is 28.5 Å². The van der Waals surface area contributed by atoms with Gasteiger partial charge in [0.1, 0.15) is 22.5 Å². The first-order valence-corrected chi connectivity index (χ1v) is 10.5. The third-order valence-electron chi connectivity index (χ3n) is 5.78.